The number of anilines is 1. The average molecular weight is 278 g/mol. The molecule has 6 heteroatoms. The number of rotatable bonds is 4. The van der Waals surface area contributed by atoms with Crippen molar-refractivity contribution in [2.45, 2.75) is 6.92 Å². The van der Waals surface area contributed by atoms with E-state index in [2.05, 4.69) is 15.3 Å². The van der Waals surface area contributed by atoms with Crippen LogP contribution in [0.1, 0.15) is 17.3 Å². The van der Waals surface area contributed by atoms with Crippen LogP contribution in [0, 0.1) is 0 Å². The van der Waals surface area contributed by atoms with Crippen molar-refractivity contribution < 1.29 is 9.53 Å². The summed E-state index contributed by atoms with van der Waals surface area (Å²) < 4.78 is 5.30. The molecule has 0 radical (unpaired) electrons. The number of ether oxygens (including phenoxy) is 1. The number of carbonyl (C=O) groups is 1. The van der Waals surface area contributed by atoms with Gasteiger partial charge in [0.15, 0.2) is 0 Å². The Hall–Kier alpha value is -2.14. The fourth-order valence-electron chi connectivity index (χ4n) is 1.45. The van der Waals surface area contributed by atoms with Gasteiger partial charge in [0.2, 0.25) is 5.95 Å². The van der Waals surface area contributed by atoms with E-state index < -0.39 is 0 Å². The van der Waals surface area contributed by atoms with Crippen molar-refractivity contribution >= 4 is 23.5 Å². The molecule has 1 aromatic heterocycles. The van der Waals surface area contributed by atoms with Crippen LogP contribution in [0.25, 0.3) is 0 Å². The third-order valence-corrected chi connectivity index (χ3v) is 2.58. The first kappa shape index (κ1) is 13.3. The van der Waals surface area contributed by atoms with E-state index in [1.165, 1.54) is 0 Å². The fraction of sp³-hybridized carbons (Fsp3) is 0.154. The van der Waals surface area contributed by atoms with Crippen LogP contribution in [0.2, 0.25) is 5.02 Å². The number of nitrogens with zero attached hydrogens (tertiary/aromatic N) is 2. The number of halogens is 1. The number of nitrogens with one attached hydrogen (secondary N) is 1. The maximum atomic E-state index is 11.9. The number of benzene rings is 1. The molecule has 0 aliphatic rings. The second-order valence-electron chi connectivity index (χ2n) is 3.60. The molecular formula is C13H12ClN3O2. The fourth-order valence-corrected chi connectivity index (χ4v) is 1.69. The first-order valence-electron chi connectivity index (χ1n) is 5.71. The maximum absolute atomic E-state index is 11.9. The molecule has 0 atom stereocenters. The largest absolute Gasteiger partial charge is 0.492 e. The molecule has 1 aromatic carbocycles. The Bertz CT molecular complexity index is 575. The minimum atomic E-state index is -0.323. The molecule has 0 unspecified atom stereocenters. The van der Waals surface area contributed by atoms with Gasteiger partial charge in [-0.2, -0.15) is 0 Å². The van der Waals surface area contributed by atoms with Crippen LogP contribution in [0.3, 0.4) is 0 Å². The second-order valence-corrected chi connectivity index (χ2v) is 4.01. The number of carbonyl (C=O) groups excluding carboxylic acids is 1. The van der Waals surface area contributed by atoms with E-state index in [0.717, 1.165) is 0 Å². The lowest BCUT2D eigenvalue weighted by atomic mass is 10.2. The summed E-state index contributed by atoms with van der Waals surface area (Å²) in [7, 11) is 0. The third-order valence-electron chi connectivity index (χ3n) is 2.29. The van der Waals surface area contributed by atoms with Crippen LogP contribution in [0.5, 0.6) is 5.75 Å². The predicted octanol–water partition coefficient (Wildman–Crippen LogP) is 2.78. The Morgan fingerprint density at radius 3 is 2.74 bits per heavy atom. The molecule has 5 nitrogen and oxygen atoms in total. The quantitative estimate of drug-likeness (QED) is 0.933. The molecule has 2 aromatic rings. The van der Waals surface area contributed by atoms with Gasteiger partial charge in [-0.1, -0.05) is 11.6 Å². The minimum absolute atomic E-state index is 0.248. The molecule has 0 saturated heterocycles. The van der Waals surface area contributed by atoms with Gasteiger partial charge in [-0.25, -0.2) is 9.97 Å². The first-order chi connectivity index (χ1) is 9.20. The average Bonchev–Trinajstić information content (AvgIpc) is 2.42. The van der Waals surface area contributed by atoms with E-state index in [1.807, 2.05) is 6.92 Å². The molecule has 0 aliphatic carbocycles. The van der Waals surface area contributed by atoms with Crippen molar-refractivity contribution in [3.8, 4) is 5.75 Å². The summed E-state index contributed by atoms with van der Waals surface area (Å²) in [6, 6.07) is 6.51. The maximum Gasteiger partial charge on any atom is 0.258 e. The summed E-state index contributed by atoms with van der Waals surface area (Å²) in [5.41, 5.74) is 0.418. The lowest BCUT2D eigenvalue weighted by Gasteiger charge is -2.07. The summed E-state index contributed by atoms with van der Waals surface area (Å²) in [6.45, 7) is 2.38. The highest BCUT2D eigenvalue weighted by atomic mass is 35.5. The Morgan fingerprint density at radius 2 is 2.11 bits per heavy atom. The highest BCUT2D eigenvalue weighted by Gasteiger charge is 2.10. The molecule has 1 amide bonds. The van der Waals surface area contributed by atoms with Crippen molar-refractivity contribution in [1.29, 1.82) is 0 Å². The summed E-state index contributed by atoms with van der Waals surface area (Å²) >= 11 is 6.02. The lowest BCUT2D eigenvalue weighted by Crippen LogP contribution is -2.14. The highest BCUT2D eigenvalue weighted by Crippen LogP contribution is 2.25. The van der Waals surface area contributed by atoms with Gasteiger partial charge in [0.05, 0.1) is 11.6 Å². The molecule has 0 saturated carbocycles. The molecule has 98 valence electrons. The normalized spacial score (nSPS) is 10.0. The van der Waals surface area contributed by atoms with Crippen LogP contribution in [0.15, 0.2) is 36.7 Å². The zero-order valence-electron chi connectivity index (χ0n) is 10.3. The van der Waals surface area contributed by atoms with Crippen molar-refractivity contribution in [1.82, 2.24) is 9.97 Å². The first-order valence-corrected chi connectivity index (χ1v) is 6.09. The molecular weight excluding hydrogens is 266 g/mol. The van der Waals surface area contributed by atoms with Crippen LogP contribution in [-0.2, 0) is 0 Å². The molecule has 19 heavy (non-hydrogen) atoms. The van der Waals surface area contributed by atoms with E-state index in [1.54, 1.807) is 36.7 Å². The van der Waals surface area contributed by atoms with Gasteiger partial charge in [0.1, 0.15) is 5.75 Å². The smallest absolute Gasteiger partial charge is 0.258 e. The molecule has 1 N–H and O–H groups in total. The van der Waals surface area contributed by atoms with Gasteiger partial charge < -0.3 is 4.74 Å². The second kappa shape index (κ2) is 6.15. The molecule has 0 fully saturated rings. The van der Waals surface area contributed by atoms with E-state index in [0.29, 0.717) is 22.9 Å². The van der Waals surface area contributed by atoms with Crippen LogP contribution in [0.4, 0.5) is 5.95 Å². The standard InChI is InChI=1S/C13H12ClN3O2/c1-2-19-11-5-4-9(8-10(11)14)12(18)17-13-15-6-3-7-16-13/h3-8H,2H2,1H3,(H,15,16,17,18). The van der Waals surface area contributed by atoms with Crippen molar-refractivity contribution in [2.75, 3.05) is 11.9 Å². The summed E-state index contributed by atoms with van der Waals surface area (Å²) in [6.07, 6.45) is 3.10. The molecule has 1 heterocycles. The summed E-state index contributed by atoms with van der Waals surface area (Å²) in [4.78, 5) is 19.8. The Labute approximate surface area is 115 Å². The van der Waals surface area contributed by atoms with Crippen molar-refractivity contribution in [3.63, 3.8) is 0 Å². The van der Waals surface area contributed by atoms with Gasteiger partial charge in [-0.05, 0) is 31.2 Å². The van der Waals surface area contributed by atoms with Crippen molar-refractivity contribution in [3.05, 3.63) is 47.2 Å². The number of hydrogen-bond donors (Lipinski definition) is 1. The number of amides is 1. The zero-order valence-corrected chi connectivity index (χ0v) is 11.0. The molecule has 0 bridgehead atoms. The lowest BCUT2D eigenvalue weighted by molar-refractivity contribution is 0.102. The minimum Gasteiger partial charge on any atom is -0.492 e. The topological polar surface area (TPSA) is 64.1 Å². The van der Waals surface area contributed by atoms with E-state index in [-0.39, 0.29) is 11.9 Å². The Balaban J connectivity index is 2.14. The van der Waals surface area contributed by atoms with Crippen LogP contribution < -0.4 is 10.1 Å². The monoisotopic (exact) mass is 277 g/mol. The SMILES string of the molecule is CCOc1ccc(C(=O)Nc2ncccn2)cc1Cl. The third kappa shape index (κ3) is 3.42. The molecule has 2 rings (SSSR count). The molecule has 0 spiro atoms. The van der Waals surface area contributed by atoms with Crippen LogP contribution >= 0.6 is 11.6 Å². The van der Waals surface area contributed by atoms with E-state index >= 15 is 0 Å². The Kier molecular flexibility index (Phi) is 4.30. The van der Waals surface area contributed by atoms with Gasteiger partial charge >= 0.3 is 0 Å². The number of hydrogen-bond acceptors (Lipinski definition) is 4. The summed E-state index contributed by atoms with van der Waals surface area (Å²) in [5.74, 6) is 0.477. The molecule has 0 aliphatic heterocycles. The van der Waals surface area contributed by atoms with Crippen molar-refractivity contribution in [2.24, 2.45) is 0 Å². The van der Waals surface area contributed by atoms with Crippen LogP contribution in [-0.4, -0.2) is 22.5 Å². The van der Waals surface area contributed by atoms with E-state index in [4.69, 9.17) is 16.3 Å². The van der Waals surface area contributed by atoms with Gasteiger partial charge in [-0.15, -0.1) is 0 Å². The van der Waals surface area contributed by atoms with Gasteiger partial charge in [-0.3, -0.25) is 10.1 Å². The van der Waals surface area contributed by atoms with Gasteiger partial charge in [0.25, 0.3) is 5.91 Å². The predicted molar refractivity (Wildman–Crippen MR) is 72.6 cm³/mol. The van der Waals surface area contributed by atoms with Gasteiger partial charge in [0, 0.05) is 18.0 Å². The highest BCUT2D eigenvalue weighted by molar-refractivity contribution is 6.32. The number of aromatic nitrogens is 2. The summed E-state index contributed by atoms with van der Waals surface area (Å²) in [5, 5.41) is 2.97. The Morgan fingerprint density at radius 1 is 1.37 bits per heavy atom. The van der Waals surface area contributed by atoms with E-state index in [9.17, 15) is 4.79 Å². The zero-order chi connectivity index (χ0) is 13.7.